The second kappa shape index (κ2) is 6.37. The summed E-state index contributed by atoms with van der Waals surface area (Å²) in [6.45, 7) is 7.26. The van der Waals surface area contributed by atoms with Crippen LogP contribution in [0.3, 0.4) is 0 Å². The number of hydrogen-bond donors (Lipinski definition) is 0. The molecule has 0 fully saturated rings. The van der Waals surface area contributed by atoms with Crippen molar-refractivity contribution >= 4 is 12.1 Å². The number of nitrogens with zero attached hydrogens (tertiary/aromatic N) is 3. The highest BCUT2D eigenvalue weighted by Crippen LogP contribution is 2.17. The summed E-state index contributed by atoms with van der Waals surface area (Å²) < 4.78 is 11.9. The number of aromatic nitrogens is 2. The first kappa shape index (κ1) is 16.3. The molecular weight excluding hydrogens is 286 g/mol. The van der Waals surface area contributed by atoms with E-state index in [1.54, 1.807) is 15.6 Å². The van der Waals surface area contributed by atoms with E-state index in [0.29, 0.717) is 13.1 Å². The van der Waals surface area contributed by atoms with Gasteiger partial charge in [-0.25, -0.2) is 9.59 Å². The van der Waals surface area contributed by atoms with E-state index in [1.807, 2.05) is 20.8 Å². The molecule has 0 saturated heterocycles. The summed E-state index contributed by atoms with van der Waals surface area (Å²) in [4.78, 5) is 25.5. The Morgan fingerprint density at radius 2 is 1.91 bits per heavy atom. The van der Waals surface area contributed by atoms with E-state index < -0.39 is 11.6 Å². The molecule has 0 bridgehead atoms. The number of carbonyl (C=O) groups excluding carboxylic acids is 2. The Bertz CT molecular complexity index is 560. The topological polar surface area (TPSA) is 73.7 Å². The lowest BCUT2D eigenvalue weighted by Gasteiger charge is -2.28. The summed E-state index contributed by atoms with van der Waals surface area (Å²) in [5.74, 6) is -0.469. The van der Waals surface area contributed by atoms with Crippen LogP contribution in [0.15, 0.2) is 6.07 Å². The van der Waals surface area contributed by atoms with Crippen molar-refractivity contribution in [1.29, 1.82) is 0 Å². The van der Waals surface area contributed by atoms with Crippen molar-refractivity contribution in [2.24, 2.45) is 0 Å². The first-order chi connectivity index (χ1) is 10.3. The third-order valence-corrected chi connectivity index (χ3v) is 3.31. The highest BCUT2D eigenvalue weighted by atomic mass is 16.6. The van der Waals surface area contributed by atoms with Crippen LogP contribution in [0.2, 0.25) is 0 Å². The molecule has 1 aromatic rings. The van der Waals surface area contributed by atoms with Gasteiger partial charge in [-0.15, -0.1) is 0 Å². The molecule has 0 N–H and O–H groups in total. The van der Waals surface area contributed by atoms with Gasteiger partial charge in [0.1, 0.15) is 5.60 Å². The summed E-state index contributed by atoms with van der Waals surface area (Å²) in [6.07, 6.45) is 1.41. The van der Waals surface area contributed by atoms with Gasteiger partial charge >= 0.3 is 12.1 Å². The molecule has 0 aromatic carbocycles. The van der Waals surface area contributed by atoms with E-state index in [-0.39, 0.29) is 11.8 Å². The lowest BCUT2D eigenvalue weighted by atomic mass is 10.2. The quantitative estimate of drug-likeness (QED) is 0.744. The van der Waals surface area contributed by atoms with Crippen LogP contribution in [0.5, 0.6) is 0 Å². The van der Waals surface area contributed by atoms with Gasteiger partial charge in [-0.05, 0) is 39.7 Å². The molecule has 22 heavy (non-hydrogen) atoms. The molecule has 0 saturated carbocycles. The minimum Gasteiger partial charge on any atom is -0.464 e. The van der Waals surface area contributed by atoms with Crippen LogP contribution in [0, 0.1) is 0 Å². The third-order valence-electron chi connectivity index (χ3n) is 3.31. The first-order valence-corrected chi connectivity index (χ1v) is 7.43. The number of amides is 1. The van der Waals surface area contributed by atoms with Crippen LogP contribution in [-0.2, 0) is 22.6 Å². The minimum absolute atomic E-state index is 0.267. The third kappa shape index (κ3) is 3.99. The molecule has 122 valence electrons. The maximum Gasteiger partial charge on any atom is 0.410 e. The number of fused-ring (bicyclic) bond motifs is 1. The standard InChI is InChI=1S/C15H23N3O4/c1-15(2,3)22-14(20)17-7-5-6-8-18-11(10-17)9-12(16-18)13(19)21-4/h9H,5-8,10H2,1-4H3. The summed E-state index contributed by atoms with van der Waals surface area (Å²) in [5.41, 5.74) is 0.547. The second-order valence-corrected chi connectivity index (χ2v) is 6.34. The predicted molar refractivity (Wildman–Crippen MR) is 79.4 cm³/mol. The number of methoxy groups -OCH3 is 1. The van der Waals surface area contributed by atoms with E-state index in [4.69, 9.17) is 9.47 Å². The molecule has 0 atom stereocenters. The van der Waals surface area contributed by atoms with Gasteiger partial charge in [0, 0.05) is 13.1 Å². The Kier molecular flexibility index (Phi) is 4.73. The Labute approximate surface area is 130 Å². The molecule has 2 heterocycles. The second-order valence-electron chi connectivity index (χ2n) is 6.34. The molecule has 7 heteroatoms. The fourth-order valence-corrected chi connectivity index (χ4v) is 2.30. The molecule has 0 spiro atoms. The van der Waals surface area contributed by atoms with Crippen molar-refractivity contribution in [1.82, 2.24) is 14.7 Å². The fraction of sp³-hybridized carbons (Fsp3) is 0.667. The van der Waals surface area contributed by atoms with Crippen molar-refractivity contribution in [2.45, 2.75) is 52.3 Å². The van der Waals surface area contributed by atoms with Crippen molar-refractivity contribution in [3.05, 3.63) is 17.5 Å². The lowest BCUT2D eigenvalue weighted by molar-refractivity contribution is 0.0218. The Balaban J connectivity index is 2.19. The number of esters is 1. The van der Waals surface area contributed by atoms with Gasteiger partial charge in [0.15, 0.2) is 5.69 Å². The molecule has 0 unspecified atom stereocenters. The molecule has 2 rings (SSSR count). The largest absolute Gasteiger partial charge is 0.464 e. The fourth-order valence-electron chi connectivity index (χ4n) is 2.30. The van der Waals surface area contributed by atoms with Crippen LogP contribution in [0.1, 0.15) is 49.8 Å². The van der Waals surface area contributed by atoms with Gasteiger partial charge in [0.05, 0.1) is 19.3 Å². The zero-order valence-corrected chi connectivity index (χ0v) is 13.6. The molecular formula is C15H23N3O4. The molecule has 1 aliphatic rings. The van der Waals surface area contributed by atoms with E-state index in [2.05, 4.69) is 5.10 Å². The van der Waals surface area contributed by atoms with Crippen LogP contribution >= 0.6 is 0 Å². The lowest BCUT2D eigenvalue weighted by Crippen LogP contribution is -2.38. The van der Waals surface area contributed by atoms with Gasteiger partial charge in [-0.2, -0.15) is 5.10 Å². The van der Waals surface area contributed by atoms with Gasteiger partial charge in [0.2, 0.25) is 0 Å². The summed E-state index contributed by atoms with van der Waals surface area (Å²) in [6, 6.07) is 1.68. The highest BCUT2D eigenvalue weighted by molar-refractivity contribution is 5.87. The molecule has 0 aliphatic carbocycles. The van der Waals surface area contributed by atoms with Gasteiger partial charge in [-0.3, -0.25) is 4.68 Å². The Hall–Kier alpha value is -2.05. The van der Waals surface area contributed by atoms with E-state index in [1.165, 1.54) is 7.11 Å². The van der Waals surface area contributed by atoms with Crippen molar-refractivity contribution in [3.8, 4) is 0 Å². The van der Waals surface area contributed by atoms with E-state index >= 15 is 0 Å². The summed E-state index contributed by atoms with van der Waals surface area (Å²) >= 11 is 0. The average molecular weight is 309 g/mol. The van der Waals surface area contributed by atoms with Crippen molar-refractivity contribution in [2.75, 3.05) is 13.7 Å². The van der Waals surface area contributed by atoms with Crippen LogP contribution in [0.4, 0.5) is 4.79 Å². The zero-order chi connectivity index (χ0) is 16.3. The normalized spacial score (nSPS) is 15.5. The van der Waals surface area contributed by atoms with Crippen LogP contribution < -0.4 is 0 Å². The van der Waals surface area contributed by atoms with Crippen LogP contribution in [-0.4, -0.2) is 46.0 Å². The maximum atomic E-state index is 12.3. The first-order valence-electron chi connectivity index (χ1n) is 7.43. The smallest absolute Gasteiger partial charge is 0.410 e. The Morgan fingerprint density at radius 3 is 2.55 bits per heavy atom. The minimum atomic E-state index is -0.531. The summed E-state index contributed by atoms with van der Waals surface area (Å²) in [7, 11) is 1.33. The average Bonchev–Trinajstić information content (AvgIpc) is 2.78. The van der Waals surface area contributed by atoms with Crippen LogP contribution in [0.25, 0.3) is 0 Å². The van der Waals surface area contributed by atoms with Crippen molar-refractivity contribution in [3.63, 3.8) is 0 Å². The number of carbonyl (C=O) groups is 2. The molecule has 1 amide bonds. The van der Waals surface area contributed by atoms with Gasteiger partial charge in [-0.1, -0.05) is 0 Å². The SMILES string of the molecule is COC(=O)c1cc2n(n1)CCCCN(C(=O)OC(C)(C)C)C2. The van der Waals surface area contributed by atoms with E-state index in [9.17, 15) is 9.59 Å². The maximum absolute atomic E-state index is 12.3. The predicted octanol–water partition coefficient (Wildman–Crippen LogP) is 2.20. The Morgan fingerprint density at radius 1 is 1.23 bits per heavy atom. The monoisotopic (exact) mass is 309 g/mol. The highest BCUT2D eigenvalue weighted by Gasteiger charge is 2.25. The molecule has 0 radical (unpaired) electrons. The molecule has 1 aromatic heterocycles. The number of rotatable bonds is 1. The van der Waals surface area contributed by atoms with Gasteiger partial charge < -0.3 is 14.4 Å². The van der Waals surface area contributed by atoms with Crippen molar-refractivity contribution < 1.29 is 19.1 Å². The molecule has 1 aliphatic heterocycles. The number of ether oxygens (including phenoxy) is 2. The number of aryl methyl sites for hydroxylation is 1. The van der Waals surface area contributed by atoms with E-state index in [0.717, 1.165) is 25.1 Å². The summed E-state index contributed by atoms with van der Waals surface area (Å²) in [5, 5.41) is 4.25. The number of hydrogen-bond acceptors (Lipinski definition) is 5. The van der Waals surface area contributed by atoms with Gasteiger partial charge in [0.25, 0.3) is 0 Å². The molecule has 7 nitrogen and oxygen atoms in total. The zero-order valence-electron chi connectivity index (χ0n) is 13.6.